The standard InChI is InChI=1S/C8H8BrN5O2/c9-6-2-1-3-7(14(15)16)5(6)4-12-13-8(10)11/h1-4H,(H4,10,11,13)/b12-4+. The topological polar surface area (TPSA) is 120 Å². The number of hydrogen-bond donors (Lipinski definition) is 2. The molecule has 0 spiro atoms. The second-order valence-electron chi connectivity index (χ2n) is 2.70. The molecule has 1 aromatic rings. The lowest BCUT2D eigenvalue weighted by Crippen LogP contribution is -2.21. The first-order valence-corrected chi connectivity index (χ1v) is 4.86. The highest BCUT2D eigenvalue weighted by Gasteiger charge is 2.14. The van der Waals surface area contributed by atoms with Gasteiger partial charge in [0.25, 0.3) is 5.69 Å². The van der Waals surface area contributed by atoms with E-state index in [0.717, 1.165) is 0 Å². The summed E-state index contributed by atoms with van der Waals surface area (Å²) in [4.78, 5) is 10.2. The minimum Gasteiger partial charge on any atom is -0.369 e. The molecule has 0 fully saturated rings. The van der Waals surface area contributed by atoms with Crippen LogP contribution in [0, 0.1) is 10.1 Å². The highest BCUT2D eigenvalue weighted by molar-refractivity contribution is 9.10. The first kappa shape index (κ1) is 12.1. The maximum Gasteiger partial charge on any atom is 0.279 e. The summed E-state index contributed by atoms with van der Waals surface area (Å²) in [5, 5.41) is 17.6. The zero-order valence-corrected chi connectivity index (χ0v) is 9.59. The summed E-state index contributed by atoms with van der Waals surface area (Å²) in [5.41, 5.74) is 10.3. The van der Waals surface area contributed by atoms with Gasteiger partial charge >= 0.3 is 0 Å². The van der Waals surface area contributed by atoms with Gasteiger partial charge < -0.3 is 11.5 Å². The van der Waals surface area contributed by atoms with Crippen LogP contribution in [0.25, 0.3) is 0 Å². The van der Waals surface area contributed by atoms with Crippen LogP contribution in [-0.4, -0.2) is 17.1 Å². The van der Waals surface area contributed by atoms with Gasteiger partial charge in [0.2, 0.25) is 5.96 Å². The summed E-state index contributed by atoms with van der Waals surface area (Å²) in [6, 6.07) is 4.58. The summed E-state index contributed by atoms with van der Waals surface area (Å²) in [7, 11) is 0. The van der Waals surface area contributed by atoms with Gasteiger partial charge in [-0.1, -0.05) is 6.07 Å². The Morgan fingerprint density at radius 2 is 2.19 bits per heavy atom. The summed E-state index contributed by atoms with van der Waals surface area (Å²) in [6.45, 7) is 0. The molecule has 0 aliphatic heterocycles. The molecule has 0 saturated heterocycles. The van der Waals surface area contributed by atoms with E-state index in [4.69, 9.17) is 11.5 Å². The Kier molecular flexibility index (Phi) is 3.95. The molecule has 84 valence electrons. The van der Waals surface area contributed by atoms with E-state index in [1.807, 2.05) is 0 Å². The molecule has 0 unspecified atom stereocenters. The molecule has 4 N–H and O–H groups in total. The van der Waals surface area contributed by atoms with Crippen LogP contribution >= 0.6 is 15.9 Å². The fourth-order valence-corrected chi connectivity index (χ4v) is 1.42. The number of hydrogen-bond acceptors (Lipinski definition) is 4. The van der Waals surface area contributed by atoms with Crippen LogP contribution in [0.3, 0.4) is 0 Å². The number of halogens is 1. The van der Waals surface area contributed by atoms with Gasteiger partial charge in [0.05, 0.1) is 16.7 Å². The van der Waals surface area contributed by atoms with E-state index in [-0.39, 0.29) is 11.6 Å². The first-order chi connectivity index (χ1) is 7.52. The van der Waals surface area contributed by atoms with Crippen molar-refractivity contribution in [3.63, 3.8) is 0 Å². The van der Waals surface area contributed by atoms with Gasteiger partial charge in [-0.3, -0.25) is 10.1 Å². The third-order valence-electron chi connectivity index (χ3n) is 1.59. The molecule has 0 saturated carbocycles. The SMILES string of the molecule is NC(N)=N/N=C/c1c(Br)cccc1[N+](=O)[O-]. The molecule has 0 radical (unpaired) electrons. The van der Waals surface area contributed by atoms with Gasteiger partial charge in [-0.05, 0) is 22.0 Å². The fraction of sp³-hybridized carbons (Fsp3) is 0. The Morgan fingerprint density at radius 3 is 2.75 bits per heavy atom. The summed E-state index contributed by atoms with van der Waals surface area (Å²) >= 11 is 3.18. The smallest absolute Gasteiger partial charge is 0.279 e. The minimum absolute atomic E-state index is 0.0797. The maximum absolute atomic E-state index is 10.7. The molecule has 7 nitrogen and oxygen atoms in total. The molecular weight excluding hydrogens is 278 g/mol. The number of nitrogens with two attached hydrogens (primary N) is 2. The van der Waals surface area contributed by atoms with Crippen molar-refractivity contribution in [3.05, 3.63) is 38.3 Å². The zero-order chi connectivity index (χ0) is 12.1. The van der Waals surface area contributed by atoms with E-state index >= 15 is 0 Å². The highest BCUT2D eigenvalue weighted by Crippen LogP contribution is 2.24. The van der Waals surface area contributed by atoms with E-state index < -0.39 is 4.92 Å². The predicted molar refractivity (Wildman–Crippen MR) is 64.2 cm³/mol. The van der Waals surface area contributed by atoms with Crippen molar-refractivity contribution in [1.29, 1.82) is 0 Å². The number of guanidine groups is 1. The van der Waals surface area contributed by atoms with Crippen molar-refractivity contribution < 1.29 is 4.92 Å². The van der Waals surface area contributed by atoms with Gasteiger partial charge in [-0.15, -0.1) is 5.10 Å². The monoisotopic (exact) mass is 285 g/mol. The van der Waals surface area contributed by atoms with E-state index in [2.05, 4.69) is 26.1 Å². The van der Waals surface area contributed by atoms with Crippen molar-refractivity contribution in [2.75, 3.05) is 0 Å². The molecule has 1 aromatic carbocycles. The molecule has 8 heteroatoms. The largest absolute Gasteiger partial charge is 0.369 e. The van der Waals surface area contributed by atoms with E-state index in [1.165, 1.54) is 12.3 Å². The van der Waals surface area contributed by atoms with E-state index in [1.54, 1.807) is 12.1 Å². The van der Waals surface area contributed by atoms with Crippen LogP contribution in [-0.2, 0) is 0 Å². The van der Waals surface area contributed by atoms with Crippen molar-refractivity contribution in [2.45, 2.75) is 0 Å². The van der Waals surface area contributed by atoms with Gasteiger partial charge in [-0.25, -0.2) is 0 Å². The molecule has 0 atom stereocenters. The molecule has 0 bridgehead atoms. The van der Waals surface area contributed by atoms with Crippen LogP contribution < -0.4 is 11.5 Å². The summed E-state index contributed by atoms with van der Waals surface area (Å²) < 4.78 is 0.538. The summed E-state index contributed by atoms with van der Waals surface area (Å²) in [5.74, 6) is -0.217. The average molecular weight is 286 g/mol. The minimum atomic E-state index is -0.512. The molecule has 0 heterocycles. The third-order valence-corrected chi connectivity index (χ3v) is 2.28. The lowest BCUT2D eigenvalue weighted by molar-refractivity contribution is -0.385. The lowest BCUT2D eigenvalue weighted by atomic mass is 10.2. The zero-order valence-electron chi connectivity index (χ0n) is 8.00. The third kappa shape index (κ3) is 3.02. The van der Waals surface area contributed by atoms with Crippen molar-refractivity contribution >= 4 is 33.8 Å². The number of nitro benzene ring substituents is 1. The predicted octanol–water partition coefficient (Wildman–Crippen LogP) is 0.965. The second-order valence-corrected chi connectivity index (χ2v) is 3.55. The molecule has 1 rings (SSSR count). The Hall–Kier alpha value is -1.96. The normalized spacial score (nSPS) is 10.3. The Morgan fingerprint density at radius 1 is 1.50 bits per heavy atom. The number of benzene rings is 1. The van der Waals surface area contributed by atoms with Crippen molar-refractivity contribution in [3.8, 4) is 0 Å². The van der Waals surface area contributed by atoms with Gasteiger partial charge in [0.1, 0.15) is 0 Å². The van der Waals surface area contributed by atoms with Crippen LogP contribution in [0.5, 0.6) is 0 Å². The molecule has 16 heavy (non-hydrogen) atoms. The van der Waals surface area contributed by atoms with Gasteiger partial charge in [0, 0.05) is 10.5 Å². The van der Waals surface area contributed by atoms with Crippen LogP contribution in [0.1, 0.15) is 5.56 Å². The van der Waals surface area contributed by atoms with Gasteiger partial charge in [-0.2, -0.15) is 5.10 Å². The quantitative estimate of drug-likeness (QED) is 0.372. The first-order valence-electron chi connectivity index (χ1n) is 4.07. The Bertz CT molecular complexity index is 467. The maximum atomic E-state index is 10.7. The van der Waals surface area contributed by atoms with E-state index in [0.29, 0.717) is 10.0 Å². The number of nitro groups is 1. The molecule has 0 amide bonds. The molecule has 0 aliphatic rings. The summed E-state index contributed by atoms with van der Waals surface area (Å²) in [6.07, 6.45) is 1.21. The van der Waals surface area contributed by atoms with Crippen LogP contribution in [0.4, 0.5) is 5.69 Å². The number of rotatable bonds is 3. The molecule has 0 aliphatic carbocycles. The highest BCUT2D eigenvalue weighted by atomic mass is 79.9. The van der Waals surface area contributed by atoms with E-state index in [9.17, 15) is 10.1 Å². The van der Waals surface area contributed by atoms with Gasteiger partial charge in [0.15, 0.2) is 0 Å². The van der Waals surface area contributed by atoms with Crippen molar-refractivity contribution in [2.24, 2.45) is 21.7 Å². The lowest BCUT2D eigenvalue weighted by Gasteiger charge is -1.98. The molecular formula is C8H8BrN5O2. The Balaban J connectivity index is 3.16. The van der Waals surface area contributed by atoms with Crippen LogP contribution in [0.2, 0.25) is 0 Å². The molecule has 0 aromatic heterocycles. The average Bonchev–Trinajstić information content (AvgIpc) is 2.19. The Labute approximate surface area is 99.1 Å². The van der Waals surface area contributed by atoms with Crippen molar-refractivity contribution in [1.82, 2.24) is 0 Å². The van der Waals surface area contributed by atoms with Crippen LogP contribution in [0.15, 0.2) is 32.9 Å². The number of nitrogens with zero attached hydrogens (tertiary/aromatic N) is 3. The second kappa shape index (κ2) is 5.21. The fourth-order valence-electron chi connectivity index (χ4n) is 0.966.